The van der Waals surface area contributed by atoms with Crippen molar-refractivity contribution in [3.63, 3.8) is 0 Å². The van der Waals surface area contributed by atoms with Gasteiger partial charge in [0.15, 0.2) is 0 Å². The third-order valence-corrected chi connectivity index (χ3v) is 5.72. The van der Waals surface area contributed by atoms with Gasteiger partial charge in [-0.2, -0.15) is 0 Å². The molecular formula is C28H38O4. The van der Waals surface area contributed by atoms with Crippen LogP contribution in [-0.4, -0.2) is 18.5 Å². The minimum Gasteiger partial charge on any atom is -0.462 e. The van der Waals surface area contributed by atoms with Crippen LogP contribution in [0.25, 0.3) is 11.1 Å². The minimum absolute atomic E-state index is 0.174. The van der Waals surface area contributed by atoms with Gasteiger partial charge in [0, 0.05) is 6.42 Å². The fraction of sp³-hybridized carbons (Fsp3) is 0.500. The first kappa shape index (κ1) is 25.6. The lowest BCUT2D eigenvalue weighted by atomic mass is 10.0. The van der Waals surface area contributed by atoms with Gasteiger partial charge in [0.25, 0.3) is 0 Å². The fourth-order valence-corrected chi connectivity index (χ4v) is 3.34. The number of hydrogen-bond donors (Lipinski definition) is 0. The lowest BCUT2D eigenvalue weighted by molar-refractivity contribution is -0.134. The molecule has 0 aliphatic rings. The summed E-state index contributed by atoms with van der Waals surface area (Å²) in [5.41, 5.74) is 2.54. The molecule has 174 valence electrons. The van der Waals surface area contributed by atoms with Gasteiger partial charge in [0.05, 0.1) is 12.2 Å². The van der Waals surface area contributed by atoms with Gasteiger partial charge in [-0.25, -0.2) is 4.79 Å². The maximum Gasteiger partial charge on any atom is 0.338 e. The van der Waals surface area contributed by atoms with E-state index in [9.17, 15) is 9.59 Å². The Bertz CT molecular complexity index is 808. The summed E-state index contributed by atoms with van der Waals surface area (Å²) in [4.78, 5) is 24.2. The molecule has 0 aliphatic carbocycles. The molecule has 32 heavy (non-hydrogen) atoms. The Kier molecular flexibility index (Phi) is 11.6. The van der Waals surface area contributed by atoms with Crippen molar-refractivity contribution in [3.8, 4) is 16.9 Å². The summed E-state index contributed by atoms with van der Waals surface area (Å²) in [5.74, 6) is 0.458. The van der Waals surface area contributed by atoms with Crippen molar-refractivity contribution in [3.05, 3.63) is 54.1 Å². The third kappa shape index (κ3) is 9.25. The van der Waals surface area contributed by atoms with E-state index >= 15 is 0 Å². The third-order valence-electron chi connectivity index (χ3n) is 5.72. The van der Waals surface area contributed by atoms with Gasteiger partial charge in [-0.3, -0.25) is 4.79 Å². The number of hydrogen-bond acceptors (Lipinski definition) is 4. The Morgan fingerprint density at radius 3 is 1.94 bits per heavy atom. The summed E-state index contributed by atoms with van der Waals surface area (Å²) >= 11 is 0. The van der Waals surface area contributed by atoms with Crippen molar-refractivity contribution in [1.82, 2.24) is 0 Å². The molecule has 2 aromatic carbocycles. The number of ether oxygens (including phenoxy) is 2. The van der Waals surface area contributed by atoms with Crippen molar-refractivity contribution < 1.29 is 19.1 Å². The number of benzene rings is 2. The van der Waals surface area contributed by atoms with Crippen molar-refractivity contribution in [2.75, 3.05) is 6.61 Å². The molecule has 0 heterocycles. The van der Waals surface area contributed by atoms with Crippen molar-refractivity contribution in [2.24, 2.45) is 5.92 Å². The van der Waals surface area contributed by atoms with Gasteiger partial charge in [0.1, 0.15) is 5.75 Å². The lowest BCUT2D eigenvalue weighted by Gasteiger charge is -2.10. The molecule has 0 amide bonds. The van der Waals surface area contributed by atoms with Crippen LogP contribution in [0.4, 0.5) is 0 Å². The van der Waals surface area contributed by atoms with Crippen LogP contribution in [0, 0.1) is 5.92 Å². The summed E-state index contributed by atoms with van der Waals surface area (Å²) in [5, 5.41) is 0. The number of esters is 2. The SMILES string of the molecule is CCCCCCCCCC(=O)Oc1ccc(-c2ccc(C(=O)OC[C@@H](C)CC)cc2)cc1. The highest BCUT2D eigenvalue weighted by Crippen LogP contribution is 2.23. The molecule has 0 saturated heterocycles. The Labute approximate surface area is 193 Å². The smallest absolute Gasteiger partial charge is 0.338 e. The highest BCUT2D eigenvalue weighted by atomic mass is 16.5. The van der Waals surface area contributed by atoms with E-state index in [0.717, 1.165) is 30.4 Å². The molecule has 0 saturated carbocycles. The van der Waals surface area contributed by atoms with E-state index in [1.807, 2.05) is 36.4 Å². The van der Waals surface area contributed by atoms with E-state index in [2.05, 4.69) is 20.8 Å². The maximum absolute atomic E-state index is 12.1. The van der Waals surface area contributed by atoms with Crippen LogP contribution < -0.4 is 4.74 Å². The van der Waals surface area contributed by atoms with E-state index in [1.165, 1.54) is 32.1 Å². The van der Waals surface area contributed by atoms with Crippen LogP contribution in [0.5, 0.6) is 5.75 Å². The molecule has 0 aromatic heterocycles. The second-order valence-corrected chi connectivity index (χ2v) is 8.56. The highest BCUT2D eigenvalue weighted by molar-refractivity contribution is 5.90. The normalized spacial score (nSPS) is 11.7. The van der Waals surface area contributed by atoms with Crippen molar-refractivity contribution >= 4 is 11.9 Å². The number of unbranched alkanes of at least 4 members (excludes halogenated alkanes) is 6. The zero-order chi connectivity index (χ0) is 23.2. The van der Waals surface area contributed by atoms with Gasteiger partial charge < -0.3 is 9.47 Å². The largest absolute Gasteiger partial charge is 0.462 e. The average molecular weight is 439 g/mol. The predicted octanol–water partition coefficient (Wildman–Crippen LogP) is 7.60. The first-order chi connectivity index (χ1) is 15.5. The molecule has 2 aromatic rings. The second kappa shape index (κ2) is 14.4. The van der Waals surface area contributed by atoms with Crippen molar-refractivity contribution in [2.45, 2.75) is 78.6 Å². The molecule has 4 nitrogen and oxygen atoms in total. The van der Waals surface area contributed by atoms with Gasteiger partial charge in [-0.1, -0.05) is 90.0 Å². The monoisotopic (exact) mass is 438 g/mol. The fourth-order valence-electron chi connectivity index (χ4n) is 3.34. The van der Waals surface area contributed by atoms with Gasteiger partial charge in [-0.05, 0) is 47.7 Å². The Morgan fingerprint density at radius 1 is 0.781 bits per heavy atom. The number of rotatable bonds is 14. The van der Waals surface area contributed by atoms with Crippen LogP contribution in [-0.2, 0) is 9.53 Å². The Morgan fingerprint density at radius 2 is 1.34 bits per heavy atom. The molecule has 0 spiro atoms. The number of carbonyl (C=O) groups excluding carboxylic acids is 2. The summed E-state index contributed by atoms with van der Waals surface area (Å²) in [7, 11) is 0. The zero-order valence-electron chi connectivity index (χ0n) is 19.9. The van der Waals surface area contributed by atoms with Crippen LogP contribution in [0.3, 0.4) is 0 Å². The van der Waals surface area contributed by atoms with Gasteiger partial charge >= 0.3 is 11.9 Å². The Balaban J connectivity index is 1.78. The van der Waals surface area contributed by atoms with Crippen LogP contribution in [0.15, 0.2) is 48.5 Å². The van der Waals surface area contributed by atoms with Crippen LogP contribution in [0.2, 0.25) is 0 Å². The summed E-state index contributed by atoms with van der Waals surface area (Å²) in [6, 6.07) is 14.8. The molecule has 0 aliphatic heterocycles. The zero-order valence-corrected chi connectivity index (χ0v) is 19.9. The molecule has 0 fully saturated rings. The predicted molar refractivity (Wildman–Crippen MR) is 130 cm³/mol. The van der Waals surface area contributed by atoms with E-state index in [-0.39, 0.29) is 11.9 Å². The van der Waals surface area contributed by atoms with Crippen LogP contribution >= 0.6 is 0 Å². The molecule has 0 bridgehead atoms. The van der Waals surface area contributed by atoms with E-state index in [4.69, 9.17) is 9.47 Å². The standard InChI is InChI=1S/C28H38O4/c1-4-6-7-8-9-10-11-12-27(29)32-26-19-17-24(18-20-26)23-13-15-25(16-14-23)28(30)31-21-22(3)5-2/h13-20,22H,4-12,21H2,1-3H3/t22-/m0/s1. The first-order valence-corrected chi connectivity index (χ1v) is 12.1. The Hall–Kier alpha value is -2.62. The molecule has 0 unspecified atom stereocenters. The molecule has 0 N–H and O–H groups in total. The minimum atomic E-state index is -0.292. The topological polar surface area (TPSA) is 52.6 Å². The summed E-state index contributed by atoms with van der Waals surface area (Å²) < 4.78 is 10.8. The second-order valence-electron chi connectivity index (χ2n) is 8.56. The van der Waals surface area contributed by atoms with E-state index < -0.39 is 0 Å². The number of carbonyl (C=O) groups is 2. The van der Waals surface area contributed by atoms with Gasteiger partial charge in [-0.15, -0.1) is 0 Å². The van der Waals surface area contributed by atoms with E-state index in [0.29, 0.717) is 30.3 Å². The molecule has 4 heteroatoms. The van der Waals surface area contributed by atoms with Gasteiger partial charge in [0.2, 0.25) is 0 Å². The van der Waals surface area contributed by atoms with Crippen molar-refractivity contribution in [1.29, 1.82) is 0 Å². The average Bonchev–Trinajstić information content (AvgIpc) is 2.82. The highest BCUT2D eigenvalue weighted by Gasteiger charge is 2.10. The molecule has 1 atom stereocenters. The first-order valence-electron chi connectivity index (χ1n) is 12.1. The lowest BCUT2D eigenvalue weighted by Crippen LogP contribution is -2.11. The van der Waals surface area contributed by atoms with E-state index in [1.54, 1.807) is 12.1 Å². The summed E-state index contributed by atoms with van der Waals surface area (Å²) in [6.45, 7) is 6.80. The maximum atomic E-state index is 12.1. The summed E-state index contributed by atoms with van der Waals surface area (Å²) in [6.07, 6.45) is 9.70. The molecule has 2 rings (SSSR count). The quantitative estimate of drug-likeness (QED) is 0.173. The molecular weight excluding hydrogens is 400 g/mol. The van der Waals surface area contributed by atoms with Crippen LogP contribution in [0.1, 0.15) is 88.9 Å². The molecule has 0 radical (unpaired) electrons.